The highest BCUT2D eigenvalue weighted by molar-refractivity contribution is 9.10. The van der Waals surface area contributed by atoms with Crippen molar-refractivity contribution in [2.45, 2.75) is 32.6 Å². The first-order valence-corrected chi connectivity index (χ1v) is 7.10. The van der Waals surface area contributed by atoms with E-state index in [0.29, 0.717) is 11.8 Å². The number of halogens is 3. The van der Waals surface area contributed by atoms with Crippen LogP contribution in [0.1, 0.15) is 26.3 Å². The van der Waals surface area contributed by atoms with Crippen LogP contribution in [0.15, 0.2) is 22.7 Å². The second-order valence-corrected chi connectivity index (χ2v) is 6.54. The molecule has 0 aliphatic carbocycles. The summed E-state index contributed by atoms with van der Waals surface area (Å²) in [4.78, 5) is 0. The summed E-state index contributed by atoms with van der Waals surface area (Å²) >= 11 is 15.8. The zero-order valence-corrected chi connectivity index (χ0v) is 12.9. The first-order valence-electron chi connectivity index (χ1n) is 5.49. The van der Waals surface area contributed by atoms with Gasteiger partial charge in [-0.1, -0.05) is 47.4 Å². The Kier molecular flexibility index (Phi) is 5.63. The molecule has 2 unspecified atom stereocenters. The van der Waals surface area contributed by atoms with Crippen LogP contribution in [0.2, 0.25) is 5.02 Å². The zero-order chi connectivity index (χ0) is 12.3. The Hall–Kier alpha value is 0.280. The van der Waals surface area contributed by atoms with Gasteiger partial charge in [0, 0.05) is 14.9 Å². The van der Waals surface area contributed by atoms with Gasteiger partial charge in [-0.3, -0.25) is 0 Å². The summed E-state index contributed by atoms with van der Waals surface area (Å²) in [5.74, 6) is 1.02. The average molecular weight is 324 g/mol. The Morgan fingerprint density at radius 3 is 2.31 bits per heavy atom. The molecule has 0 radical (unpaired) electrons. The van der Waals surface area contributed by atoms with Crippen LogP contribution in [0.3, 0.4) is 0 Å². The molecule has 2 atom stereocenters. The zero-order valence-electron chi connectivity index (χ0n) is 9.81. The molecule has 0 aromatic heterocycles. The summed E-state index contributed by atoms with van der Waals surface area (Å²) in [6.45, 7) is 6.46. The van der Waals surface area contributed by atoms with Crippen LogP contribution >= 0.6 is 39.1 Å². The van der Waals surface area contributed by atoms with Gasteiger partial charge >= 0.3 is 0 Å². The van der Waals surface area contributed by atoms with E-state index in [4.69, 9.17) is 23.2 Å². The van der Waals surface area contributed by atoms with Gasteiger partial charge in [0.2, 0.25) is 0 Å². The lowest BCUT2D eigenvalue weighted by molar-refractivity contribution is 0.376. The first-order chi connectivity index (χ1) is 7.41. The predicted molar refractivity (Wildman–Crippen MR) is 76.5 cm³/mol. The maximum absolute atomic E-state index is 6.22. The fourth-order valence-electron chi connectivity index (χ4n) is 1.87. The van der Waals surface area contributed by atoms with E-state index in [2.05, 4.69) is 42.8 Å². The fourth-order valence-corrected chi connectivity index (χ4v) is 3.00. The minimum absolute atomic E-state index is 0.166. The van der Waals surface area contributed by atoms with E-state index in [1.54, 1.807) is 0 Å². The van der Waals surface area contributed by atoms with Gasteiger partial charge in [0.25, 0.3) is 0 Å². The third-order valence-corrected chi connectivity index (χ3v) is 4.09. The van der Waals surface area contributed by atoms with Crippen molar-refractivity contribution in [1.82, 2.24) is 0 Å². The van der Waals surface area contributed by atoms with Crippen molar-refractivity contribution < 1.29 is 0 Å². The van der Waals surface area contributed by atoms with Crippen LogP contribution in [-0.4, -0.2) is 5.38 Å². The molecule has 0 aliphatic rings. The molecule has 0 aliphatic heterocycles. The second kappa shape index (κ2) is 6.28. The summed E-state index contributed by atoms with van der Waals surface area (Å²) < 4.78 is 1.02. The van der Waals surface area contributed by atoms with E-state index in [1.165, 1.54) is 5.56 Å². The molecule has 90 valence electrons. The van der Waals surface area contributed by atoms with Gasteiger partial charge in [0.05, 0.1) is 0 Å². The molecule has 0 bridgehead atoms. The van der Waals surface area contributed by atoms with E-state index >= 15 is 0 Å². The topological polar surface area (TPSA) is 0 Å². The summed E-state index contributed by atoms with van der Waals surface area (Å²) in [7, 11) is 0. The van der Waals surface area contributed by atoms with Gasteiger partial charge < -0.3 is 0 Å². The largest absolute Gasteiger partial charge is 0.123 e. The average Bonchev–Trinajstić information content (AvgIpc) is 2.15. The normalized spacial score (nSPS) is 15.2. The van der Waals surface area contributed by atoms with Crippen LogP contribution in [0.4, 0.5) is 0 Å². The fraction of sp³-hybridized carbons (Fsp3) is 0.538. The number of rotatable bonds is 4. The third-order valence-electron chi connectivity index (χ3n) is 2.92. The van der Waals surface area contributed by atoms with Crippen LogP contribution in [0.25, 0.3) is 0 Å². The van der Waals surface area contributed by atoms with Gasteiger partial charge in [-0.15, -0.1) is 11.6 Å². The summed E-state index contributed by atoms with van der Waals surface area (Å²) in [5, 5.41) is 0.983. The van der Waals surface area contributed by atoms with Crippen LogP contribution < -0.4 is 0 Å². The van der Waals surface area contributed by atoms with Crippen molar-refractivity contribution in [3.63, 3.8) is 0 Å². The standard InChI is InChI=1S/C13H17BrCl2/c1-8(2)12(9(3)15)6-10-4-5-11(14)7-13(10)16/h4-5,7-9,12H,6H2,1-3H3. The lowest BCUT2D eigenvalue weighted by atomic mass is 9.87. The highest BCUT2D eigenvalue weighted by atomic mass is 79.9. The Bertz CT molecular complexity index is 340. The molecule has 0 spiro atoms. The predicted octanol–water partition coefficient (Wildman–Crippen LogP) is 5.54. The molecule has 0 saturated carbocycles. The van der Waals surface area contributed by atoms with Gasteiger partial charge in [-0.05, 0) is 42.9 Å². The molecule has 1 aromatic carbocycles. The maximum Gasteiger partial charge on any atom is 0.0449 e. The van der Waals surface area contributed by atoms with E-state index in [0.717, 1.165) is 15.9 Å². The highest BCUT2D eigenvalue weighted by Crippen LogP contribution is 2.29. The molecule has 0 saturated heterocycles. The summed E-state index contributed by atoms with van der Waals surface area (Å²) in [6, 6.07) is 6.03. The van der Waals surface area contributed by atoms with Crippen LogP contribution in [0.5, 0.6) is 0 Å². The van der Waals surface area contributed by atoms with Gasteiger partial charge in [0.15, 0.2) is 0 Å². The maximum atomic E-state index is 6.22. The van der Waals surface area contributed by atoms with Crippen molar-refractivity contribution in [2.24, 2.45) is 11.8 Å². The Balaban J connectivity index is 2.85. The second-order valence-electron chi connectivity index (χ2n) is 4.53. The molecule has 0 N–H and O–H groups in total. The van der Waals surface area contributed by atoms with Gasteiger partial charge in [-0.25, -0.2) is 0 Å². The Morgan fingerprint density at radius 2 is 1.88 bits per heavy atom. The number of benzene rings is 1. The monoisotopic (exact) mass is 322 g/mol. The molecule has 3 heteroatoms. The smallest absolute Gasteiger partial charge is 0.0449 e. The van der Waals surface area contributed by atoms with Crippen molar-refractivity contribution in [2.75, 3.05) is 0 Å². The molecule has 16 heavy (non-hydrogen) atoms. The quantitative estimate of drug-likeness (QED) is 0.638. The number of alkyl halides is 1. The van der Waals surface area contributed by atoms with E-state index in [1.807, 2.05) is 12.1 Å². The minimum Gasteiger partial charge on any atom is -0.123 e. The molecule has 1 aromatic rings. The van der Waals surface area contributed by atoms with E-state index < -0.39 is 0 Å². The molecular formula is C13H17BrCl2. The number of hydrogen-bond donors (Lipinski definition) is 0. The molecule has 0 fully saturated rings. The van der Waals surface area contributed by atoms with Crippen molar-refractivity contribution in [3.05, 3.63) is 33.3 Å². The molecule has 1 rings (SSSR count). The van der Waals surface area contributed by atoms with Gasteiger partial charge in [-0.2, -0.15) is 0 Å². The first kappa shape index (κ1) is 14.3. The SMILES string of the molecule is CC(C)C(Cc1ccc(Br)cc1Cl)C(C)Cl. The van der Waals surface area contributed by atoms with Crippen molar-refractivity contribution in [1.29, 1.82) is 0 Å². The molecule has 0 heterocycles. The van der Waals surface area contributed by atoms with Crippen LogP contribution in [-0.2, 0) is 6.42 Å². The van der Waals surface area contributed by atoms with Gasteiger partial charge in [0.1, 0.15) is 0 Å². The Morgan fingerprint density at radius 1 is 1.25 bits per heavy atom. The lowest BCUT2D eigenvalue weighted by Gasteiger charge is -2.23. The van der Waals surface area contributed by atoms with Crippen LogP contribution in [0, 0.1) is 11.8 Å². The van der Waals surface area contributed by atoms with E-state index in [9.17, 15) is 0 Å². The lowest BCUT2D eigenvalue weighted by Crippen LogP contribution is -2.20. The molecule has 0 nitrogen and oxygen atoms in total. The van der Waals surface area contributed by atoms with Crippen molar-refractivity contribution >= 4 is 39.1 Å². The molecule has 0 amide bonds. The highest BCUT2D eigenvalue weighted by Gasteiger charge is 2.20. The third kappa shape index (κ3) is 3.94. The Labute approximate surface area is 116 Å². The summed E-state index contributed by atoms with van der Waals surface area (Å²) in [6.07, 6.45) is 0.939. The summed E-state index contributed by atoms with van der Waals surface area (Å²) in [5.41, 5.74) is 1.18. The minimum atomic E-state index is 0.166. The number of hydrogen-bond acceptors (Lipinski definition) is 0. The molecular weight excluding hydrogens is 307 g/mol. The van der Waals surface area contributed by atoms with E-state index in [-0.39, 0.29) is 5.38 Å². The van der Waals surface area contributed by atoms with Crippen molar-refractivity contribution in [3.8, 4) is 0 Å².